The molecule has 3 rings (SSSR count). The third-order valence-electron chi connectivity index (χ3n) is 3.16. The minimum atomic E-state index is 0.751. The fourth-order valence-electron chi connectivity index (χ4n) is 2.21. The molecule has 0 fully saturated rings. The van der Waals surface area contributed by atoms with Crippen LogP contribution in [-0.2, 0) is 6.42 Å². The SMILES string of the molecule is CCc1ccccc1-c1nc2ccc(N)cc2[nH]1. The maximum atomic E-state index is 5.78. The maximum absolute atomic E-state index is 5.78. The van der Waals surface area contributed by atoms with Gasteiger partial charge in [0.1, 0.15) is 5.82 Å². The van der Waals surface area contributed by atoms with E-state index in [9.17, 15) is 0 Å². The summed E-state index contributed by atoms with van der Waals surface area (Å²) >= 11 is 0. The van der Waals surface area contributed by atoms with Crippen LogP contribution in [0.1, 0.15) is 12.5 Å². The van der Waals surface area contributed by atoms with E-state index in [1.54, 1.807) is 0 Å². The number of aryl methyl sites for hydroxylation is 1. The van der Waals surface area contributed by atoms with Gasteiger partial charge in [-0.2, -0.15) is 0 Å². The first-order valence-electron chi connectivity index (χ1n) is 6.11. The average Bonchev–Trinajstić information content (AvgIpc) is 2.81. The minimum absolute atomic E-state index is 0.751. The van der Waals surface area contributed by atoms with Crippen molar-refractivity contribution in [2.24, 2.45) is 0 Å². The lowest BCUT2D eigenvalue weighted by Gasteiger charge is -2.03. The zero-order valence-electron chi connectivity index (χ0n) is 10.3. The smallest absolute Gasteiger partial charge is 0.138 e. The van der Waals surface area contributed by atoms with E-state index in [1.807, 2.05) is 24.3 Å². The molecule has 90 valence electrons. The second-order valence-electron chi connectivity index (χ2n) is 4.37. The number of nitrogens with two attached hydrogens (primary N) is 1. The Balaban J connectivity index is 2.19. The van der Waals surface area contributed by atoms with E-state index < -0.39 is 0 Å². The lowest BCUT2D eigenvalue weighted by molar-refractivity contribution is 1.13. The Bertz CT molecular complexity index is 698. The van der Waals surface area contributed by atoms with Gasteiger partial charge in [-0.05, 0) is 30.2 Å². The zero-order chi connectivity index (χ0) is 12.5. The zero-order valence-corrected chi connectivity index (χ0v) is 10.3. The van der Waals surface area contributed by atoms with Gasteiger partial charge >= 0.3 is 0 Å². The molecule has 2 aromatic carbocycles. The number of fused-ring (bicyclic) bond motifs is 1. The van der Waals surface area contributed by atoms with Crippen LogP contribution in [0.3, 0.4) is 0 Å². The van der Waals surface area contributed by atoms with E-state index >= 15 is 0 Å². The number of benzene rings is 2. The van der Waals surface area contributed by atoms with Gasteiger partial charge in [0.25, 0.3) is 0 Å². The summed E-state index contributed by atoms with van der Waals surface area (Å²) in [7, 11) is 0. The van der Waals surface area contributed by atoms with Crippen molar-refractivity contribution in [3.63, 3.8) is 0 Å². The Labute approximate surface area is 106 Å². The molecule has 1 heterocycles. The molecular weight excluding hydrogens is 222 g/mol. The van der Waals surface area contributed by atoms with E-state index in [0.717, 1.165) is 34.5 Å². The van der Waals surface area contributed by atoms with Crippen LogP contribution in [0, 0.1) is 0 Å². The summed E-state index contributed by atoms with van der Waals surface area (Å²) < 4.78 is 0. The topological polar surface area (TPSA) is 54.7 Å². The van der Waals surface area contributed by atoms with Gasteiger partial charge in [-0.3, -0.25) is 0 Å². The molecule has 0 aliphatic rings. The lowest BCUT2D eigenvalue weighted by Crippen LogP contribution is -1.88. The Morgan fingerprint density at radius 2 is 2.00 bits per heavy atom. The van der Waals surface area contributed by atoms with Gasteiger partial charge in [-0.15, -0.1) is 0 Å². The number of hydrogen-bond donors (Lipinski definition) is 2. The Hall–Kier alpha value is -2.29. The van der Waals surface area contributed by atoms with E-state index in [2.05, 4.69) is 35.1 Å². The van der Waals surface area contributed by atoms with Crippen molar-refractivity contribution >= 4 is 16.7 Å². The largest absolute Gasteiger partial charge is 0.399 e. The summed E-state index contributed by atoms with van der Waals surface area (Å²) in [6.07, 6.45) is 0.995. The van der Waals surface area contributed by atoms with Crippen molar-refractivity contribution < 1.29 is 0 Å². The van der Waals surface area contributed by atoms with Crippen LogP contribution in [0.15, 0.2) is 42.5 Å². The monoisotopic (exact) mass is 237 g/mol. The third-order valence-corrected chi connectivity index (χ3v) is 3.16. The molecule has 0 saturated carbocycles. The van der Waals surface area contributed by atoms with Gasteiger partial charge in [-0.25, -0.2) is 4.98 Å². The number of anilines is 1. The standard InChI is InChI=1S/C15H15N3/c1-2-10-5-3-4-6-12(10)15-17-13-8-7-11(16)9-14(13)18-15/h3-9H,2,16H2,1H3,(H,17,18). The molecular formula is C15H15N3. The van der Waals surface area contributed by atoms with Gasteiger partial charge in [0, 0.05) is 11.3 Å². The fraction of sp³-hybridized carbons (Fsp3) is 0.133. The van der Waals surface area contributed by atoms with Crippen LogP contribution >= 0.6 is 0 Å². The van der Waals surface area contributed by atoms with E-state index in [0.29, 0.717) is 0 Å². The second kappa shape index (κ2) is 4.18. The van der Waals surface area contributed by atoms with Crippen LogP contribution in [0.4, 0.5) is 5.69 Å². The average molecular weight is 237 g/mol. The predicted octanol–water partition coefficient (Wildman–Crippen LogP) is 3.37. The van der Waals surface area contributed by atoms with Crippen LogP contribution in [0.5, 0.6) is 0 Å². The van der Waals surface area contributed by atoms with Crippen molar-refractivity contribution in [1.29, 1.82) is 0 Å². The van der Waals surface area contributed by atoms with Gasteiger partial charge in [0.15, 0.2) is 0 Å². The van der Waals surface area contributed by atoms with E-state index in [-0.39, 0.29) is 0 Å². The van der Waals surface area contributed by atoms with Crippen LogP contribution in [0.25, 0.3) is 22.4 Å². The molecule has 3 heteroatoms. The van der Waals surface area contributed by atoms with Gasteiger partial charge in [-0.1, -0.05) is 31.2 Å². The summed E-state index contributed by atoms with van der Waals surface area (Å²) in [5.74, 6) is 0.910. The molecule has 0 unspecified atom stereocenters. The molecule has 0 bridgehead atoms. The first-order valence-corrected chi connectivity index (χ1v) is 6.11. The highest BCUT2D eigenvalue weighted by atomic mass is 14.9. The van der Waals surface area contributed by atoms with E-state index in [1.165, 1.54) is 5.56 Å². The maximum Gasteiger partial charge on any atom is 0.138 e. The highest BCUT2D eigenvalue weighted by Crippen LogP contribution is 2.25. The Kier molecular flexibility index (Phi) is 2.52. The molecule has 18 heavy (non-hydrogen) atoms. The number of imidazole rings is 1. The number of nitrogens with zero attached hydrogens (tertiary/aromatic N) is 1. The highest BCUT2D eigenvalue weighted by Gasteiger charge is 2.08. The molecule has 0 radical (unpaired) electrons. The highest BCUT2D eigenvalue weighted by molar-refractivity contribution is 5.82. The van der Waals surface area contributed by atoms with Crippen molar-refractivity contribution in [2.45, 2.75) is 13.3 Å². The molecule has 1 aromatic heterocycles. The molecule has 3 aromatic rings. The summed E-state index contributed by atoms with van der Waals surface area (Å²) in [6.45, 7) is 2.15. The first kappa shape index (κ1) is 10.8. The predicted molar refractivity (Wildman–Crippen MR) is 75.3 cm³/mol. The summed E-state index contributed by atoms with van der Waals surface area (Å²) in [5, 5.41) is 0. The van der Waals surface area contributed by atoms with Gasteiger partial charge < -0.3 is 10.7 Å². The van der Waals surface area contributed by atoms with Crippen molar-refractivity contribution in [2.75, 3.05) is 5.73 Å². The quantitative estimate of drug-likeness (QED) is 0.671. The number of aromatic nitrogens is 2. The molecule has 0 spiro atoms. The summed E-state index contributed by atoms with van der Waals surface area (Å²) in [5.41, 5.74) is 10.9. The Morgan fingerprint density at radius 3 is 2.83 bits per heavy atom. The fourth-order valence-corrected chi connectivity index (χ4v) is 2.21. The number of aromatic amines is 1. The molecule has 0 aliphatic carbocycles. The summed E-state index contributed by atoms with van der Waals surface area (Å²) in [6, 6.07) is 14.1. The van der Waals surface area contributed by atoms with Crippen molar-refractivity contribution in [3.05, 3.63) is 48.0 Å². The summed E-state index contributed by atoms with van der Waals surface area (Å²) in [4.78, 5) is 7.96. The number of hydrogen-bond acceptors (Lipinski definition) is 2. The molecule has 0 aliphatic heterocycles. The lowest BCUT2D eigenvalue weighted by atomic mass is 10.1. The van der Waals surface area contributed by atoms with Crippen molar-refractivity contribution in [1.82, 2.24) is 9.97 Å². The number of H-pyrrole nitrogens is 1. The number of nitrogens with one attached hydrogen (secondary N) is 1. The van der Waals surface area contributed by atoms with Crippen LogP contribution in [0.2, 0.25) is 0 Å². The minimum Gasteiger partial charge on any atom is -0.399 e. The molecule has 3 nitrogen and oxygen atoms in total. The molecule has 0 saturated heterocycles. The molecule has 0 atom stereocenters. The molecule has 0 amide bonds. The normalized spacial score (nSPS) is 10.9. The first-order chi connectivity index (χ1) is 8.78. The number of rotatable bonds is 2. The van der Waals surface area contributed by atoms with Gasteiger partial charge in [0.05, 0.1) is 11.0 Å². The van der Waals surface area contributed by atoms with E-state index in [4.69, 9.17) is 5.73 Å². The van der Waals surface area contributed by atoms with Crippen molar-refractivity contribution in [3.8, 4) is 11.4 Å². The van der Waals surface area contributed by atoms with Crippen LogP contribution in [-0.4, -0.2) is 9.97 Å². The molecule has 3 N–H and O–H groups in total. The number of nitrogen functional groups attached to an aromatic ring is 1. The van der Waals surface area contributed by atoms with Crippen LogP contribution < -0.4 is 5.73 Å². The Morgan fingerprint density at radius 1 is 1.17 bits per heavy atom. The van der Waals surface area contributed by atoms with Gasteiger partial charge in [0.2, 0.25) is 0 Å². The third kappa shape index (κ3) is 1.74. The second-order valence-corrected chi connectivity index (χ2v) is 4.37.